The number of amides is 2. The SMILES string of the molecule is CC(C)OC(=O)CNC(=O)CNC(=O)c1cccs1. The summed E-state index contributed by atoms with van der Waals surface area (Å²) in [6.45, 7) is 3.07. The first kappa shape index (κ1) is 15.2. The number of nitrogens with one attached hydrogen (secondary N) is 2. The number of thiophene rings is 1. The van der Waals surface area contributed by atoms with Crippen molar-refractivity contribution in [1.29, 1.82) is 0 Å². The minimum atomic E-state index is -0.507. The minimum Gasteiger partial charge on any atom is -0.462 e. The van der Waals surface area contributed by atoms with E-state index in [4.69, 9.17) is 4.74 Å². The average molecular weight is 284 g/mol. The van der Waals surface area contributed by atoms with E-state index in [2.05, 4.69) is 10.6 Å². The molecule has 2 amide bonds. The van der Waals surface area contributed by atoms with E-state index in [0.29, 0.717) is 4.88 Å². The molecule has 0 radical (unpaired) electrons. The predicted octanol–water partition coefficient (Wildman–Crippen LogP) is 0.546. The molecule has 0 saturated heterocycles. The van der Waals surface area contributed by atoms with Crippen molar-refractivity contribution in [3.8, 4) is 0 Å². The van der Waals surface area contributed by atoms with Gasteiger partial charge in [0.2, 0.25) is 5.91 Å². The Kier molecular flexibility index (Phi) is 6.01. The number of rotatable bonds is 6. The van der Waals surface area contributed by atoms with Gasteiger partial charge >= 0.3 is 5.97 Å². The second-order valence-electron chi connectivity index (χ2n) is 3.98. The molecule has 0 unspecified atom stereocenters. The lowest BCUT2D eigenvalue weighted by atomic mass is 10.4. The van der Waals surface area contributed by atoms with Crippen molar-refractivity contribution in [3.05, 3.63) is 22.4 Å². The number of hydrogen-bond acceptors (Lipinski definition) is 5. The monoisotopic (exact) mass is 284 g/mol. The van der Waals surface area contributed by atoms with Crippen LogP contribution in [0, 0.1) is 0 Å². The number of carbonyl (C=O) groups excluding carboxylic acids is 3. The van der Waals surface area contributed by atoms with Crippen LogP contribution < -0.4 is 10.6 Å². The zero-order chi connectivity index (χ0) is 14.3. The molecule has 0 aliphatic heterocycles. The van der Waals surface area contributed by atoms with E-state index >= 15 is 0 Å². The average Bonchev–Trinajstić information content (AvgIpc) is 2.86. The molecule has 104 valence electrons. The number of esters is 1. The fourth-order valence-corrected chi connectivity index (χ4v) is 1.83. The van der Waals surface area contributed by atoms with Gasteiger partial charge in [0, 0.05) is 0 Å². The highest BCUT2D eigenvalue weighted by molar-refractivity contribution is 7.12. The standard InChI is InChI=1S/C12H16N2O4S/c1-8(2)18-11(16)7-13-10(15)6-14-12(17)9-4-3-5-19-9/h3-5,8H,6-7H2,1-2H3,(H,13,15)(H,14,17). The second-order valence-corrected chi connectivity index (χ2v) is 4.92. The van der Waals surface area contributed by atoms with Crippen molar-refractivity contribution in [2.45, 2.75) is 20.0 Å². The molecule has 2 N–H and O–H groups in total. The lowest BCUT2D eigenvalue weighted by Gasteiger charge is -2.09. The van der Waals surface area contributed by atoms with E-state index in [0.717, 1.165) is 0 Å². The van der Waals surface area contributed by atoms with Crippen molar-refractivity contribution < 1.29 is 19.1 Å². The van der Waals surface area contributed by atoms with E-state index in [1.807, 2.05) is 0 Å². The van der Waals surface area contributed by atoms with Gasteiger partial charge in [0.15, 0.2) is 0 Å². The Bertz CT molecular complexity index is 443. The normalized spacial score (nSPS) is 10.1. The van der Waals surface area contributed by atoms with Crippen LogP contribution in [-0.4, -0.2) is 37.0 Å². The van der Waals surface area contributed by atoms with Gasteiger partial charge in [-0.3, -0.25) is 14.4 Å². The molecule has 19 heavy (non-hydrogen) atoms. The summed E-state index contributed by atoms with van der Waals surface area (Å²) < 4.78 is 4.85. The summed E-state index contributed by atoms with van der Waals surface area (Å²) in [6.07, 6.45) is -0.220. The fraction of sp³-hybridized carbons (Fsp3) is 0.417. The smallest absolute Gasteiger partial charge is 0.325 e. The Hall–Kier alpha value is -1.89. The van der Waals surface area contributed by atoms with Crippen LogP contribution in [0.2, 0.25) is 0 Å². The van der Waals surface area contributed by atoms with Gasteiger partial charge in [0.25, 0.3) is 5.91 Å². The van der Waals surface area contributed by atoms with E-state index in [1.165, 1.54) is 11.3 Å². The Labute approximate surface area is 115 Å². The van der Waals surface area contributed by atoms with Gasteiger partial charge in [-0.15, -0.1) is 11.3 Å². The van der Waals surface area contributed by atoms with Crippen LogP contribution in [-0.2, 0) is 14.3 Å². The van der Waals surface area contributed by atoms with Crippen LogP contribution in [0.25, 0.3) is 0 Å². The second kappa shape index (κ2) is 7.52. The van der Waals surface area contributed by atoms with E-state index in [1.54, 1.807) is 31.4 Å². The highest BCUT2D eigenvalue weighted by Gasteiger charge is 2.10. The van der Waals surface area contributed by atoms with Gasteiger partial charge < -0.3 is 15.4 Å². The summed E-state index contributed by atoms with van der Waals surface area (Å²) in [5, 5.41) is 6.60. The maximum Gasteiger partial charge on any atom is 0.325 e. The molecular formula is C12H16N2O4S. The van der Waals surface area contributed by atoms with E-state index in [9.17, 15) is 14.4 Å². The molecule has 1 heterocycles. The molecule has 1 rings (SSSR count). The Morgan fingerprint density at radius 3 is 2.58 bits per heavy atom. The molecule has 0 bridgehead atoms. The van der Waals surface area contributed by atoms with Gasteiger partial charge in [-0.2, -0.15) is 0 Å². The summed E-state index contributed by atoms with van der Waals surface area (Å²) >= 11 is 1.29. The zero-order valence-electron chi connectivity index (χ0n) is 10.8. The molecule has 1 aromatic heterocycles. The fourth-order valence-electron chi connectivity index (χ4n) is 1.19. The van der Waals surface area contributed by atoms with Crippen molar-refractivity contribution in [3.63, 3.8) is 0 Å². The van der Waals surface area contributed by atoms with Crippen LogP contribution >= 0.6 is 11.3 Å². The maximum absolute atomic E-state index is 11.5. The molecule has 0 aromatic carbocycles. The van der Waals surface area contributed by atoms with Crippen LogP contribution in [0.4, 0.5) is 0 Å². The molecule has 7 heteroatoms. The number of ether oxygens (including phenoxy) is 1. The highest BCUT2D eigenvalue weighted by atomic mass is 32.1. The zero-order valence-corrected chi connectivity index (χ0v) is 11.6. The molecule has 0 fully saturated rings. The molecule has 0 spiro atoms. The van der Waals surface area contributed by atoms with Gasteiger partial charge in [0.1, 0.15) is 6.54 Å². The third kappa shape index (κ3) is 6.01. The molecule has 0 atom stereocenters. The summed E-state index contributed by atoms with van der Waals surface area (Å²) in [5.41, 5.74) is 0. The Balaban J connectivity index is 2.21. The first-order chi connectivity index (χ1) is 8.99. The van der Waals surface area contributed by atoms with E-state index in [-0.39, 0.29) is 25.1 Å². The van der Waals surface area contributed by atoms with Crippen molar-refractivity contribution in [2.75, 3.05) is 13.1 Å². The highest BCUT2D eigenvalue weighted by Crippen LogP contribution is 2.07. The molecule has 0 aliphatic carbocycles. The van der Waals surface area contributed by atoms with Gasteiger partial charge in [-0.1, -0.05) is 6.07 Å². The first-order valence-electron chi connectivity index (χ1n) is 5.77. The van der Waals surface area contributed by atoms with Crippen LogP contribution in [0.3, 0.4) is 0 Å². The lowest BCUT2D eigenvalue weighted by molar-refractivity contribution is -0.147. The topological polar surface area (TPSA) is 84.5 Å². The summed E-state index contributed by atoms with van der Waals surface area (Å²) in [4.78, 5) is 34.6. The predicted molar refractivity (Wildman–Crippen MR) is 70.9 cm³/mol. The van der Waals surface area contributed by atoms with Crippen LogP contribution in [0.5, 0.6) is 0 Å². The van der Waals surface area contributed by atoms with Crippen molar-refractivity contribution >= 4 is 29.1 Å². The lowest BCUT2D eigenvalue weighted by Crippen LogP contribution is -2.39. The number of hydrogen-bond donors (Lipinski definition) is 2. The summed E-state index contributed by atoms with van der Waals surface area (Å²) in [7, 11) is 0. The van der Waals surface area contributed by atoms with Gasteiger partial charge in [-0.25, -0.2) is 0 Å². The van der Waals surface area contributed by atoms with Gasteiger partial charge in [-0.05, 0) is 25.3 Å². The quantitative estimate of drug-likeness (QED) is 0.747. The van der Waals surface area contributed by atoms with Crippen LogP contribution in [0.1, 0.15) is 23.5 Å². The third-order valence-corrected chi connectivity index (χ3v) is 2.82. The molecule has 0 saturated carbocycles. The summed E-state index contributed by atoms with van der Waals surface area (Å²) in [6, 6.07) is 3.42. The largest absolute Gasteiger partial charge is 0.462 e. The Morgan fingerprint density at radius 2 is 2.00 bits per heavy atom. The molecule has 6 nitrogen and oxygen atoms in total. The number of carbonyl (C=O) groups is 3. The van der Waals surface area contributed by atoms with Gasteiger partial charge in [0.05, 0.1) is 17.5 Å². The van der Waals surface area contributed by atoms with Crippen molar-refractivity contribution in [1.82, 2.24) is 10.6 Å². The molecule has 1 aromatic rings. The molecular weight excluding hydrogens is 268 g/mol. The Morgan fingerprint density at radius 1 is 1.26 bits per heavy atom. The molecule has 0 aliphatic rings. The third-order valence-electron chi connectivity index (χ3n) is 1.95. The minimum absolute atomic E-state index is 0.175. The van der Waals surface area contributed by atoms with Crippen molar-refractivity contribution in [2.24, 2.45) is 0 Å². The first-order valence-corrected chi connectivity index (χ1v) is 6.65. The summed E-state index contributed by atoms with van der Waals surface area (Å²) in [5.74, 6) is -1.26. The van der Waals surface area contributed by atoms with E-state index < -0.39 is 11.9 Å². The van der Waals surface area contributed by atoms with Crippen LogP contribution in [0.15, 0.2) is 17.5 Å². The maximum atomic E-state index is 11.5.